The second kappa shape index (κ2) is 3.48. The molecule has 1 unspecified atom stereocenters. The Kier molecular flexibility index (Phi) is 2.82. The lowest BCUT2D eigenvalue weighted by Gasteiger charge is -2.32. The highest BCUT2D eigenvalue weighted by Crippen LogP contribution is 2.33. The molecule has 1 fully saturated rings. The fourth-order valence-electron chi connectivity index (χ4n) is 1.31. The van der Waals surface area contributed by atoms with Crippen LogP contribution in [0.2, 0.25) is 0 Å². The van der Waals surface area contributed by atoms with Crippen molar-refractivity contribution >= 4 is 17.0 Å². The van der Waals surface area contributed by atoms with Gasteiger partial charge in [0, 0.05) is 11.2 Å². The van der Waals surface area contributed by atoms with Crippen LogP contribution in [0.3, 0.4) is 0 Å². The summed E-state index contributed by atoms with van der Waals surface area (Å²) in [5.41, 5.74) is 0.309. The summed E-state index contributed by atoms with van der Waals surface area (Å²) in [7, 11) is 0. The topological polar surface area (TPSA) is 33.1 Å². The Hall–Kier alpha value is -0.180. The van der Waals surface area contributed by atoms with Crippen molar-refractivity contribution in [3.8, 4) is 0 Å². The maximum atomic E-state index is 7.24. The number of nitrogens with one attached hydrogen (secondary N) is 1. The van der Waals surface area contributed by atoms with Gasteiger partial charge in [-0.2, -0.15) is 0 Å². The predicted molar refractivity (Wildman–Crippen MR) is 49.2 cm³/mol. The van der Waals surface area contributed by atoms with Crippen LogP contribution in [-0.2, 0) is 4.74 Å². The summed E-state index contributed by atoms with van der Waals surface area (Å²) in [5.74, 6) is 1.04. The van der Waals surface area contributed by atoms with Gasteiger partial charge in [0.05, 0.1) is 6.61 Å². The van der Waals surface area contributed by atoms with Crippen molar-refractivity contribution < 1.29 is 4.74 Å². The molecule has 0 bridgehead atoms. The van der Waals surface area contributed by atoms with Gasteiger partial charge in [0.2, 0.25) is 5.23 Å². The van der Waals surface area contributed by atoms with Crippen LogP contribution in [0.25, 0.3) is 0 Å². The molecule has 1 aliphatic rings. The molecule has 0 aromatic heterocycles. The number of hydrogen-bond acceptors (Lipinski definition) is 3. The van der Waals surface area contributed by atoms with Crippen molar-refractivity contribution in [3.05, 3.63) is 0 Å². The Bertz CT molecular complexity index is 148. The summed E-state index contributed by atoms with van der Waals surface area (Å²) in [6.07, 6.45) is 2.40. The van der Waals surface area contributed by atoms with Crippen molar-refractivity contribution in [1.29, 1.82) is 5.41 Å². The van der Waals surface area contributed by atoms with Gasteiger partial charge in [0.15, 0.2) is 0 Å². The Balaban J connectivity index is 2.41. The van der Waals surface area contributed by atoms with Crippen molar-refractivity contribution in [1.82, 2.24) is 0 Å². The van der Waals surface area contributed by atoms with Gasteiger partial charge in [-0.25, -0.2) is 0 Å². The highest BCUT2D eigenvalue weighted by Gasteiger charge is 2.29. The van der Waals surface area contributed by atoms with Gasteiger partial charge in [-0.1, -0.05) is 32.0 Å². The largest absolute Gasteiger partial charge is 0.473 e. The second-order valence-corrected chi connectivity index (χ2v) is 4.37. The van der Waals surface area contributed by atoms with Gasteiger partial charge in [0.1, 0.15) is 0 Å². The first-order chi connectivity index (χ1) is 5.16. The molecule has 0 aliphatic carbocycles. The summed E-state index contributed by atoms with van der Waals surface area (Å²) in [4.78, 5) is 0. The molecular weight excluding hydrogens is 158 g/mol. The quantitative estimate of drug-likeness (QED) is 0.696. The summed E-state index contributed by atoms with van der Waals surface area (Å²) in [6.45, 7) is 5.15. The molecule has 0 aromatic rings. The Labute approximate surface area is 72.2 Å². The van der Waals surface area contributed by atoms with Crippen LogP contribution in [0.4, 0.5) is 0 Å². The fraction of sp³-hybridized carbons (Fsp3) is 0.875. The first-order valence-electron chi connectivity index (χ1n) is 4.00. The Morgan fingerprint density at radius 1 is 1.73 bits per heavy atom. The minimum atomic E-state index is 0.309. The van der Waals surface area contributed by atoms with Crippen molar-refractivity contribution in [2.75, 3.05) is 12.4 Å². The minimum Gasteiger partial charge on any atom is -0.473 e. The molecule has 0 radical (unpaired) electrons. The van der Waals surface area contributed by atoms with E-state index in [0.29, 0.717) is 10.6 Å². The normalized spacial score (nSPS) is 31.6. The van der Waals surface area contributed by atoms with Crippen molar-refractivity contribution in [2.24, 2.45) is 5.41 Å². The van der Waals surface area contributed by atoms with Crippen LogP contribution in [0.5, 0.6) is 0 Å². The molecule has 64 valence electrons. The molecule has 2 nitrogen and oxygen atoms in total. The SMILES string of the molecule is CCCC1(C)COC(=N)SC1. The van der Waals surface area contributed by atoms with Crippen LogP contribution < -0.4 is 0 Å². The molecule has 1 heterocycles. The van der Waals surface area contributed by atoms with E-state index in [1.807, 2.05) is 0 Å². The smallest absolute Gasteiger partial charge is 0.242 e. The van der Waals surface area contributed by atoms with Gasteiger partial charge >= 0.3 is 0 Å². The third kappa shape index (κ3) is 2.40. The zero-order valence-electron chi connectivity index (χ0n) is 7.14. The van der Waals surface area contributed by atoms with E-state index in [0.717, 1.165) is 12.4 Å². The highest BCUT2D eigenvalue weighted by molar-refractivity contribution is 8.13. The molecule has 0 spiro atoms. The minimum absolute atomic E-state index is 0.309. The van der Waals surface area contributed by atoms with Gasteiger partial charge in [0.25, 0.3) is 0 Å². The van der Waals surface area contributed by atoms with E-state index in [2.05, 4.69) is 13.8 Å². The van der Waals surface area contributed by atoms with Crippen LogP contribution in [0, 0.1) is 10.8 Å². The maximum Gasteiger partial charge on any atom is 0.242 e. The summed E-state index contributed by atoms with van der Waals surface area (Å²) in [6, 6.07) is 0. The van der Waals surface area contributed by atoms with Crippen molar-refractivity contribution in [3.63, 3.8) is 0 Å². The molecule has 3 heteroatoms. The zero-order chi connectivity index (χ0) is 8.32. The van der Waals surface area contributed by atoms with E-state index in [9.17, 15) is 0 Å². The molecule has 11 heavy (non-hydrogen) atoms. The molecule has 0 saturated carbocycles. The average Bonchev–Trinajstić information content (AvgIpc) is 1.97. The van der Waals surface area contributed by atoms with E-state index >= 15 is 0 Å². The van der Waals surface area contributed by atoms with Gasteiger partial charge in [-0.3, -0.25) is 5.41 Å². The molecule has 0 amide bonds. The molecule has 1 N–H and O–H groups in total. The van der Waals surface area contributed by atoms with Crippen LogP contribution >= 0.6 is 11.8 Å². The summed E-state index contributed by atoms with van der Waals surface area (Å²) >= 11 is 1.53. The lowest BCUT2D eigenvalue weighted by Crippen LogP contribution is -2.32. The standard InChI is InChI=1S/C8H15NOS/c1-3-4-8(2)5-10-7(9)11-6-8/h9H,3-6H2,1-2H3. The third-order valence-electron chi connectivity index (χ3n) is 1.96. The number of ether oxygens (including phenoxy) is 1. The lowest BCUT2D eigenvalue weighted by atomic mass is 9.89. The molecule has 1 aliphatic heterocycles. The lowest BCUT2D eigenvalue weighted by molar-refractivity contribution is 0.160. The van der Waals surface area contributed by atoms with E-state index in [1.54, 1.807) is 0 Å². The van der Waals surface area contributed by atoms with E-state index in [1.165, 1.54) is 24.6 Å². The Morgan fingerprint density at radius 2 is 2.45 bits per heavy atom. The molecular formula is C8H15NOS. The molecule has 1 saturated heterocycles. The monoisotopic (exact) mass is 173 g/mol. The van der Waals surface area contributed by atoms with E-state index < -0.39 is 0 Å². The number of rotatable bonds is 2. The van der Waals surface area contributed by atoms with Crippen LogP contribution in [0.15, 0.2) is 0 Å². The fourth-order valence-corrected chi connectivity index (χ4v) is 2.16. The van der Waals surface area contributed by atoms with Gasteiger partial charge < -0.3 is 4.74 Å². The van der Waals surface area contributed by atoms with Crippen molar-refractivity contribution in [2.45, 2.75) is 26.7 Å². The van der Waals surface area contributed by atoms with Crippen LogP contribution in [-0.4, -0.2) is 17.6 Å². The zero-order valence-corrected chi connectivity index (χ0v) is 7.96. The van der Waals surface area contributed by atoms with Gasteiger partial charge in [-0.15, -0.1) is 0 Å². The predicted octanol–water partition coefficient (Wildman–Crippen LogP) is 2.49. The summed E-state index contributed by atoms with van der Waals surface area (Å²) < 4.78 is 5.19. The highest BCUT2D eigenvalue weighted by atomic mass is 32.2. The third-order valence-corrected chi connectivity index (χ3v) is 3.18. The number of hydrogen-bond donors (Lipinski definition) is 1. The van der Waals surface area contributed by atoms with Crippen LogP contribution in [0.1, 0.15) is 26.7 Å². The number of thioether (sulfide) groups is 1. The molecule has 1 rings (SSSR count). The van der Waals surface area contributed by atoms with E-state index in [-0.39, 0.29) is 0 Å². The summed E-state index contributed by atoms with van der Waals surface area (Å²) in [5, 5.41) is 7.63. The van der Waals surface area contributed by atoms with E-state index in [4.69, 9.17) is 10.1 Å². The maximum absolute atomic E-state index is 7.24. The Morgan fingerprint density at radius 3 is 2.91 bits per heavy atom. The molecule has 0 aromatic carbocycles. The average molecular weight is 173 g/mol. The molecule has 1 atom stereocenters. The van der Waals surface area contributed by atoms with Gasteiger partial charge in [-0.05, 0) is 6.42 Å². The second-order valence-electron chi connectivity index (χ2n) is 3.43. The first-order valence-corrected chi connectivity index (χ1v) is 4.99. The first kappa shape index (κ1) is 8.91.